The molecule has 1 rings (SSSR count). The van der Waals surface area contributed by atoms with Gasteiger partial charge < -0.3 is 5.32 Å². The maximum absolute atomic E-state index is 11.7. The highest BCUT2D eigenvalue weighted by Crippen LogP contribution is 2.02. The van der Waals surface area contributed by atoms with Gasteiger partial charge in [0.05, 0.1) is 6.04 Å². The highest BCUT2D eigenvalue weighted by molar-refractivity contribution is 5.83. The van der Waals surface area contributed by atoms with Gasteiger partial charge in [-0.2, -0.15) is 5.10 Å². The van der Waals surface area contributed by atoms with Gasteiger partial charge in [0.1, 0.15) is 0 Å². The van der Waals surface area contributed by atoms with E-state index in [2.05, 4.69) is 10.4 Å². The molecule has 0 saturated heterocycles. The van der Waals surface area contributed by atoms with Crippen LogP contribution in [0.2, 0.25) is 0 Å². The average molecular weight is 195 g/mol. The van der Waals surface area contributed by atoms with Crippen LogP contribution in [0.15, 0.2) is 18.5 Å². The van der Waals surface area contributed by atoms with E-state index in [9.17, 15) is 4.79 Å². The second-order valence-corrected chi connectivity index (χ2v) is 4.40. The lowest BCUT2D eigenvalue weighted by molar-refractivity contribution is 0.0836. The Morgan fingerprint density at radius 1 is 1.50 bits per heavy atom. The summed E-state index contributed by atoms with van der Waals surface area (Å²) in [7, 11) is 0. The van der Waals surface area contributed by atoms with Crippen LogP contribution in [0, 0.1) is 0 Å². The minimum absolute atomic E-state index is 0.0371. The Hall–Kier alpha value is -1.16. The molecule has 0 aromatic carbocycles. The maximum Gasteiger partial charge on any atom is 0.263 e. The Morgan fingerprint density at radius 2 is 2.14 bits per heavy atom. The zero-order valence-corrected chi connectivity index (χ0v) is 9.11. The largest absolute Gasteiger partial charge is 0.301 e. The van der Waals surface area contributed by atoms with E-state index in [4.69, 9.17) is 0 Å². The van der Waals surface area contributed by atoms with Gasteiger partial charge in [0, 0.05) is 17.9 Å². The fraction of sp³-hybridized carbons (Fsp3) is 0.600. The van der Waals surface area contributed by atoms with Gasteiger partial charge in [0.15, 0.2) is 0 Å². The van der Waals surface area contributed by atoms with Crippen molar-refractivity contribution < 1.29 is 4.79 Å². The third-order valence-corrected chi connectivity index (χ3v) is 1.75. The molecule has 0 bridgehead atoms. The summed E-state index contributed by atoms with van der Waals surface area (Å²) in [4.78, 5) is 11.7. The van der Waals surface area contributed by atoms with Gasteiger partial charge in [-0.25, -0.2) is 4.68 Å². The molecular formula is C10H17N3O. The van der Waals surface area contributed by atoms with Gasteiger partial charge in [-0.15, -0.1) is 0 Å². The summed E-state index contributed by atoms with van der Waals surface area (Å²) in [6.45, 7) is 7.93. The second-order valence-electron chi connectivity index (χ2n) is 4.40. The van der Waals surface area contributed by atoms with Gasteiger partial charge in [-0.05, 0) is 33.8 Å². The number of hydrogen-bond donors (Lipinski definition) is 1. The highest BCUT2D eigenvalue weighted by Gasteiger charge is 2.20. The molecule has 1 N–H and O–H groups in total. The summed E-state index contributed by atoms with van der Waals surface area (Å²) in [6.07, 6.45) is 3.25. The Kier molecular flexibility index (Phi) is 3.06. The van der Waals surface area contributed by atoms with Crippen molar-refractivity contribution in [2.45, 2.75) is 39.3 Å². The molecule has 1 atom stereocenters. The van der Waals surface area contributed by atoms with Crippen molar-refractivity contribution in [3.63, 3.8) is 0 Å². The van der Waals surface area contributed by atoms with Crippen molar-refractivity contribution in [2.24, 2.45) is 0 Å². The molecule has 0 aliphatic rings. The van der Waals surface area contributed by atoms with Crippen LogP contribution in [0.5, 0.6) is 0 Å². The first-order valence-electron chi connectivity index (χ1n) is 4.72. The van der Waals surface area contributed by atoms with Crippen LogP contribution in [0.3, 0.4) is 0 Å². The summed E-state index contributed by atoms with van der Waals surface area (Å²) in [5, 5.41) is 7.09. The Balaban J connectivity index is 2.63. The normalized spacial score (nSPS) is 14.0. The third kappa shape index (κ3) is 2.96. The van der Waals surface area contributed by atoms with Crippen molar-refractivity contribution in [3.05, 3.63) is 18.5 Å². The zero-order chi connectivity index (χ0) is 10.8. The molecule has 0 aliphatic heterocycles. The number of aromatic nitrogens is 2. The Bertz CT molecular complexity index is 298. The predicted octanol–water partition coefficient (Wildman–Crippen LogP) is 1.30. The quantitative estimate of drug-likeness (QED) is 0.773. The fourth-order valence-electron chi connectivity index (χ4n) is 1.31. The first kappa shape index (κ1) is 10.9. The summed E-state index contributed by atoms with van der Waals surface area (Å²) >= 11 is 0. The fourth-order valence-corrected chi connectivity index (χ4v) is 1.31. The van der Waals surface area contributed by atoms with Crippen LogP contribution < -0.4 is 5.32 Å². The smallest absolute Gasteiger partial charge is 0.263 e. The van der Waals surface area contributed by atoms with Crippen LogP contribution in [-0.4, -0.2) is 27.3 Å². The molecular weight excluding hydrogens is 178 g/mol. The molecule has 14 heavy (non-hydrogen) atoms. The van der Waals surface area contributed by atoms with Crippen LogP contribution >= 0.6 is 0 Å². The number of carbonyl (C=O) groups is 1. The van der Waals surface area contributed by atoms with E-state index in [0.717, 1.165) is 0 Å². The van der Waals surface area contributed by atoms with Crippen molar-refractivity contribution in [2.75, 3.05) is 0 Å². The molecule has 0 saturated carbocycles. The molecule has 0 amide bonds. The van der Waals surface area contributed by atoms with E-state index in [1.165, 1.54) is 4.68 Å². The third-order valence-electron chi connectivity index (χ3n) is 1.75. The van der Waals surface area contributed by atoms with E-state index < -0.39 is 0 Å². The zero-order valence-electron chi connectivity index (χ0n) is 9.11. The van der Waals surface area contributed by atoms with E-state index >= 15 is 0 Å². The van der Waals surface area contributed by atoms with Gasteiger partial charge in [-0.1, -0.05) is 0 Å². The van der Waals surface area contributed by atoms with Gasteiger partial charge in [0.25, 0.3) is 5.91 Å². The minimum Gasteiger partial charge on any atom is -0.301 e. The van der Waals surface area contributed by atoms with Crippen molar-refractivity contribution in [1.82, 2.24) is 15.1 Å². The number of hydrogen-bond acceptors (Lipinski definition) is 3. The van der Waals surface area contributed by atoms with Crippen LogP contribution in [0.1, 0.15) is 32.5 Å². The first-order chi connectivity index (χ1) is 6.40. The number of nitrogens with zero attached hydrogens (tertiary/aromatic N) is 2. The minimum atomic E-state index is -0.227. The second kappa shape index (κ2) is 3.92. The van der Waals surface area contributed by atoms with Crippen LogP contribution in [0.4, 0.5) is 0 Å². The van der Waals surface area contributed by atoms with Crippen molar-refractivity contribution in [3.8, 4) is 0 Å². The monoisotopic (exact) mass is 195 g/mol. The molecule has 0 radical (unpaired) electrons. The molecule has 1 unspecified atom stereocenters. The molecule has 0 aliphatic carbocycles. The summed E-state index contributed by atoms with van der Waals surface area (Å²) in [6, 6.07) is 1.51. The summed E-state index contributed by atoms with van der Waals surface area (Å²) in [5.41, 5.74) is -0.0672. The number of nitrogens with one attached hydrogen (secondary N) is 1. The molecule has 1 heterocycles. The molecule has 4 heteroatoms. The molecule has 78 valence electrons. The molecule has 0 spiro atoms. The van der Waals surface area contributed by atoms with Crippen molar-refractivity contribution in [1.29, 1.82) is 0 Å². The van der Waals surface area contributed by atoms with Crippen LogP contribution in [0.25, 0.3) is 0 Å². The Morgan fingerprint density at radius 3 is 2.57 bits per heavy atom. The van der Waals surface area contributed by atoms with Gasteiger partial charge in [0.2, 0.25) is 0 Å². The van der Waals surface area contributed by atoms with Crippen LogP contribution in [-0.2, 0) is 0 Å². The standard InChI is InChI=1S/C10H17N3O/c1-8(12-10(2,3)4)9(14)13-7-5-6-11-13/h5-8,12H,1-4H3. The molecule has 1 aromatic rings. The average Bonchev–Trinajstić information content (AvgIpc) is 2.51. The first-order valence-corrected chi connectivity index (χ1v) is 4.72. The van der Waals surface area contributed by atoms with E-state index in [-0.39, 0.29) is 17.5 Å². The van der Waals surface area contributed by atoms with E-state index in [1.807, 2.05) is 27.7 Å². The number of rotatable bonds is 2. The summed E-state index contributed by atoms with van der Waals surface area (Å²) in [5.74, 6) is -0.0371. The summed E-state index contributed by atoms with van der Waals surface area (Å²) < 4.78 is 1.35. The topological polar surface area (TPSA) is 46.9 Å². The highest BCUT2D eigenvalue weighted by atomic mass is 16.2. The van der Waals surface area contributed by atoms with Gasteiger partial charge in [-0.3, -0.25) is 4.79 Å². The van der Waals surface area contributed by atoms with Gasteiger partial charge >= 0.3 is 0 Å². The molecule has 0 fully saturated rings. The Labute approximate surface area is 84.3 Å². The molecule has 1 aromatic heterocycles. The number of carbonyl (C=O) groups excluding carboxylic acids is 1. The predicted molar refractivity (Wildman–Crippen MR) is 55.2 cm³/mol. The van der Waals surface area contributed by atoms with E-state index in [1.54, 1.807) is 18.5 Å². The molecule has 4 nitrogen and oxygen atoms in total. The SMILES string of the molecule is CC(NC(C)(C)C)C(=O)n1cccn1. The van der Waals surface area contributed by atoms with Crippen molar-refractivity contribution >= 4 is 5.91 Å². The lowest BCUT2D eigenvalue weighted by atomic mass is 10.1. The van der Waals surface area contributed by atoms with E-state index in [0.29, 0.717) is 0 Å². The lowest BCUT2D eigenvalue weighted by Crippen LogP contribution is -2.47. The lowest BCUT2D eigenvalue weighted by Gasteiger charge is -2.24. The maximum atomic E-state index is 11.7.